The number of nitrogens with one attached hydrogen (secondary N) is 1. The number of ether oxygens (including phenoxy) is 2. The van der Waals surface area contributed by atoms with Gasteiger partial charge < -0.3 is 19.6 Å². The first-order chi connectivity index (χ1) is 18.2. The van der Waals surface area contributed by atoms with Crippen molar-refractivity contribution in [1.82, 2.24) is 4.98 Å². The number of hydrogen-bond donors (Lipinski definition) is 2. The Bertz CT molecular complexity index is 1390. The third-order valence-corrected chi connectivity index (χ3v) is 9.45. The van der Waals surface area contributed by atoms with E-state index in [-0.39, 0.29) is 23.0 Å². The highest BCUT2D eigenvalue weighted by molar-refractivity contribution is 5.86. The fourth-order valence-corrected chi connectivity index (χ4v) is 7.55. The Morgan fingerprint density at radius 1 is 1.13 bits per heavy atom. The molecule has 6 nitrogen and oxygen atoms in total. The van der Waals surface area contributed by atoms with Gasteiger partial charge in [0.05, 0.1) is 12.6 Å². The van der Waals surface area contributed by atoms with Gasteiger partial charge in [-0.25, -0.2) is 0 Å². The van der Waals surface area contributed by atoms with Gasteiger partial charge in [-0.1, -0.05) is 32.0 Å². The molecule has 2 fully saturated rings. The molecule has 3 aliphatic carbocycles. The van der Waals surface area contributed by atoms with E-state index in [9.17, 15) is 14.7 Å². The van der Waals surface area contributed by atoms with Crippen LogP contribution in [0.25, 0.3) is 10.9 Å². The molecule has 6 heteroatoms. The van der Waals surface area contributed by atoms with Crippen molar-refractivity contribution in [3.8, 4) is 11.5 Å². The van der Waals surface area contributed by atoms with Gasteiger partial charge >= 0.3 is 5.97 Å². The largest absolute Gasteiger partial charge is 0.508 e. The monoisotopic (exact) mass is 517 g/mol. The zero-order chi connectivity index (χ0) is 27.0. The number of aromatic nitrogens is 1. The lowest BCUT2D eigenvalue weighted by atomic mass is 9.55. The van der Waals surface area contributed by atoms with Crippen LogP contribution in [0.3, 0.4) is 0 Å². The number of aryl methyl sites for hydroxylation is 2. The second-order valence-electron chi connectivity index (χ2n) is 11.5. The Labute approximate surface area is 224 Å². The minimum Gasteiger partial charge on any atom is -0.508 e. The minimum absolute atomic E-state index is 0.0477. The van der Waals surface area contributed by atoms with Crippen LogP contribution in [0.15, 0.2) is 47.3 Å². The highest BCUT2D eigenvalue weighted by Crippen LogP contribution is 2.61. The average Bonchev–Trinajstić information content (AvgIpc) is 3.24. The lowest BCUT2D eigenvalue weighted by Crippen LogP contribution is -2.45. The SMILES string of the molecule is CCC(=O)OC1CCC2C3CCc4cc(O)ccc4C3CCC12C.COc1cccc2c(C)cc(=O)[nH]c12. The van der Waals surface area contributed by atoms with Crippen LogP contribution in [0, 0.1) is 24.2 Å². The maximum absolute atomic E-state index is 11.8. The Morgan fingerprint density at radius 3 is 2.71 bits per heavy atom. The molecule has 2 saturated carbocycles. The van der Waals surface area contributed by atoms with Crippen LogP contribution < -0.4 is 10.3 Å². The van der Waals surface area contributed by atoms with E-state index in [0.29, 0.717) is 35.7 Å². The van der Waals surface area contributed by atoms with Crippen molar-refractivity contribution in [1.29, 1.82) is 0 Å². The number of esters is 1. The van der Waals surface area contributed by atoms with Gasteiger partial charge in [-0.3, -0.25) is 9.59 Å². The smallest absolute Gasteiger partial charge is 0.305 e. The molecule has 202 valence electrons. The molecule has 2 N–H and O–H groups in total. The number of phenolic OH excluding ortho intramolecular Hbond substituents is 1. The fourth-order valence-electron chi connectivity index (χ4n) is 7.55. The van der Waals surface area contributed by atoms with Crippen molar-refractivity contribution in [2.24, 2.45) is 17.3 Å². The van der Waals surface area contributed by atoms with E-state index in [1.54, 1.807) is 13.2 Å². The summed E-state index contributed by atoms with van der Waals surface area (Å²) in [5.74, 6) is 3.02. The van der Waals surface area contributed by atoms with Crippen molar-refractivity contribution in [2.45, 2.75) is 77.7 Å². The molecule has 2 aromatic carbocycles. The zero-order valence-electron chi connectivity index (χ0n) is 22.9. The van der Waals surface area contributed by atoms with Crippen LogP contribution in [-0.4, -0.2) is 29.3 Å². The molecule has 0 bridgehead atoms. The molecule has 0 spiro atoms. The molecule has 38 heavy (non-hydrogen) atoms. The van der Waals surface area contributed by atoms with E-state index in [2.05, 4.69) is 18.0 Å². The lowest BCUT2D eigenvalue weighted by Gasteiger charge is -2.50. The molecule has 0 amide bonds. The van der Waals surface area contributed by atoms with Crippen LogP contribution in [0.2, 0.25) is 0 Å². The first-order valence-electron chi connectivity index (χ1n) is 13.9. The van der Waals surface area contributed by atoms with E-state index in [1.165, 1.54) is 30.4 Å². The number of hydrogen-bond acceptors (Lipinski definition) is 5. The number of carbonyl (C=O) groups excluding carboxylic acids is 1. The number of phenols is 1. The Hall–Kier alpha value is -3.28. The van der Waals surface area contributed by atoms with Gasteiger partial charge in [0, 0.05) is 23.3 Å². The van der Waals surface area contributed by atoms with Crippen molar-refractivity contribution in [3.05, 3.63) is 69.5 Å². The summed E-state index contributed by atoms with van der Waals surface area (Å²) in [6.07, 6.45) is 7.38. The average molecular weight is 518 g/mol. The molecule has 6 rings (SSSR count). The van der Waals surface area contributed by atoms with Gasteiger partial charge in [-0.15, -0.1) is 0 Å². The predicted molar refractivity (Wildman–Crippen MR) is 149 cm³/mol. The summed E-state index contributed by atoms with van der Waals surface area (Å²) in [5.41, 5.74) is 4.58. The van der Waals surface area contributed by atoms with Gasteiger partial charge in [0.1, 0.15) is 17.6 Å². The van der Waals surface area contributed by atoms with Gasteiger partial charge in [0.15, 0.2) is 0 Å². The highest BCUT2D eigenvalue weighted by atomic mass is 16.5. The summed E-state index contributed by atoms with van der Waals surface area (Å²) in [6.45, 7) is 6.15. The topological polar surface area (TPSA) is 88.6 Å². The molecule has 1 heterocycles. The maximum atomic E-state index is 11.8. The van der Waals surface area contributed by atoms with Crippen molar-refractivity contribution >= 4 is 16.9 Å². The Morgan fingerprint density at radius 2 is 1.95 bits per heavy atom. The molecular weight excluding hydrogens is 478 g/mol. The summed E-state index contributed by atoms with van der Waals surface area (Å²) in [6, 6.07) is 13.2. The van der Waals surface area contributed by atoms with Crippen molar-refractivity contribution < 1.29 is 19.4 Å². The van der Waals surface area contributed by atoms with Gasteiger partial charge in [-0.05, 0) is 98.1 Å². The number of rotatable bonds is 3. The normalized spacial score (nSPS) is 27.4. The molecule has 0 aliphatic heterocycles. The summed E-state index contributed by atoms with van der Waals surface area (Å²) < 4.78 is 11.0. The number of aromatic hydroxyl groups is 1. The standard InChI is InChI=1S/C21H28O3.C11H11NO2/c1-3-20(23)24-19-9-8-18-17-6-4-13-12-14(22)5-7-15(13)16(17)10-11-21(18,19)2;1-7-6-10(13)12-11-8(7)4-3-5-9(11)14-2/h5,7,12,16-19,22H,3-4,6,8-11H2,1-2H3;3-6H,1-2H3,(H,12,13). The quantitative estimate of drug-likeness (QED) is 0.392. The number of fused-ring (bicyclic) bond motifs is 6. The first-order valence-corrected chi connectivity index (χ1v) is 13.9. The van der Waals surface area contributed by atoms with Gasteiger partial charge in [0.2, 0.25) is 5.56 Å². The molecule has 1 aromatic heterocycles. The van der Waals surface area contributed by atoms with Crippen LogP contribution in [0.4, 0.5) is 0 Å². The first kappa shape index (κ1) is 26.3. The zero-order valence-corrected chi connectivity index (χ0v) is 22.9. The van der Waals surface area contributed by atoms with Crippen molar-refractivity contribution in [3.63, 3.8) is 0 Å². The summed E-state index contributed by atoms with van der Waals surface area (Å²) >= 11 is 0. The summed E-state index contributed by atoms with van der Waals surface area (Å²) in [5, 5.41) is 10.8. The van der Waals surface area contributed by atoms with E-state index in [4.69, 9.17) is 9.47 Å². The number of para-hydroxylation sites is 1. The van der Waals surface area contributed by atoms with Crippen LogP contribution in [0.5, 0.6) is 11.5 Å². The van der Waals surface area contributed by atoms with E-state index >= 15 is 0 Å². The molecule has 5 atom stereocenters. The number of methoxy groups -OCH3 is 1. The van der Waals surface area contributed by atoms with Crippen LogP contribution >= 0.6 is 0 Å². The number of benzene rings is 2. The molecule has 0 saturated heterocycles. The second-order valence-corrected chi connectivity index (χ2v) is 11.5. The number of carbonyl (C=O) groups is 1. The summed E-state index contributed by atoms with van der Waals surface area (Å²) in [4.78, 5) is 25.8. The van der Waals surface area contributed by atoms with Gasteiger partial charge in [0.25, 0.3) is 0 Å². The highest BCUT2D eigenvalue weighted by Gasteiger charge is 2.56. The third kappa shape index (κ3) is 4.70. The predicted octanol–water partition coefficient (Wildman–Crippen LogP) is 6.42. The number of H-pyrrole nitrogens is 1. The minimum atomic E-state index is -0.0977. The van der Waals surface area contributed by atoms with Crippen LogP contribution in [0.1, 0.15) is 75.0 Å². The lowest BCUT2D eigenvalue weighted by molar-refractivity contribution is -0.157. The Balaban J connectivity index is 0.000000179. The molecule has 3 aromatic rings. The third-order valence-electron chi connectivity index (χ3n) is 9.45. The van der Waals surface area contributed by atoms with E-state index in [1.807, 2.05) is 44.2 Å². The molecule has 5 unspecified atom stereocenters. The fraction of sp³-hybridized carbons (Fsp3) is 0.500. The molecule has 0 radical (unpaired) electrons. The second kappa shape index (κ2) is 10.5. The molecular formula is C32H39NO5. The molecule has 3 aliphatic rings. The van der Waals surface area contributed by atoms with E-state index in [0.717, 1.165) is 35.7 Å². The maximum Gasteiger partial charge on any atom is 0.305 e. The number of pyridine rings is 1. The van der Waals surface area contributed by atoms with Crippen LogP contribution in [-0.2, 0) is 16.0 Å². The number of aromatic amines is 1. The summed E-state index contributed by atoms with van der Waals surface area (Å²) in [7, 11) is 1.59. The van der Waals surface area contributed by atoms with Crippen molar-refractivity contribution in [2.75, 3.05) is 7.11 Å². The Kier molecular flexibility index (Phi) is 7.26. The van der Waals surface area contributed by atoms with Gasteiger partial charge in [-0.2, -0.15) is 0 Å². The van der Waals surface area contributed by atoms with E-state index < -0.39 is 0 Å².